The molecular formula is C19H21NO2. The fraction of sp³-hybridized carbons (Fsp3) is 0.211. The molecule has 22 heavy (non-hydrogen) atoms. The van der Waals surface area contributed by atoms with E-state index in [0.29, 0.717) is 24.4 Å². The van der Waals surface area contributed by atoms with Crippen molar-refractivity contribution in [1.29, 1.82) is 0 Å². The first-order valence-electron chi connectivity index (χ1n) is 7.36. The molecule has 0 radical (unpaired) electrons. The summed E-state index contributed by atoms with van der Waals surface area (Å²) in [5.41, 5.74) is 1.63. The summed E-state index contributed by atoms with van der Waals surface area (Å²) in [5, 5.41) is 0. The molecule has 0 saturated carbocycles. The molecule has 0 unspecified atom stereocenters. The van der Waals surface area contributed by atoms with Gasteiger partial charge in [0, 0.05) is 18.7 Å². The van der Waals surface area contributed by atoms with E-state index in [1.807, 2.05) is 56.3 Å². The number of carbonyl (C=O) groups excluding carboxylic acids is 1. The van der Waals surface area contributed by atoms with Gasteiger partial charge in [-0.15, -0.1) is 0 Å². The monoisotopic (exact) mass is 295 g/mol. The van der Waals surface area contributed by atoms with Crippen LogP contribution in [-0.4, -0.2) is 23.9 Å². The summed E-state index contributed by atoms with van der Waals surface area (Å²) in [6.45, 7) is 9.00. The van der Waals surface area contributed by atoms with Crippen LogP contribution < -0.4 is 4.74 Å². The zero-order chi connectivity index (χ0) is 15.9. The van der Waals surface area contributed by atoms with Crippen LogP contribution in [0, 0.1) is 0 Å². The maximum Gasteiger partial charge on any atom is 0.254 e. The van der Waals surface area contributed by atoms with Gasteiger partial charge in [0.1, 0.15) is 11.5 Å². The summed E-state index contributed by atoms with van der Waals surface area (Å²) in [7, 11) is 0. The van der Waals surface area contributed by atoms with E-state index in [1.165, 1.54) is 0 Å². The zero-order valence-corrected chi connectivity index (χ0v) is 13.1. The Labute approximate surface area is 131 Å². The normalized spacial score (nSPS) is 10.1. The van der Waals surface area contributed by atoms with Gasteiger partial charge in [-0.1, -0.05) is 30.4 Å². The van der Waals surface area contributed by atoms with Gasteiger partial charge < -0.3 is 9.64 Å². The zero-order valence-electron chi connectivity index (χ0n) is 13.1. The third kappa shape index (κ3) is 4.22. The SMILES string of the molecule is C=C(C)CN(CC)C(=O)c1ccc(Oc2ccccc2)cc1. The van der Waals surface area contributed by atoms with E-state index in [-0.39, 0.29) is 5.91 Å². The predicted octanol–water partition coefficient (Wildman–Crippen LogP) is 4.52. The van der Waals surface area contributed by atoms with Crippen molar-refractivity contribution >= 4 is 5.91 Å². The van der Waals surface area contributed by atoms with Gasteiger partial charge in [-0.2, -0.15) is 0 Å². The molecule has 2 rings (SSSR count). The lowest BCUT2D eigenvalue weighted by molar-refractivity contribution is 0.0778. The summed E-state index contributed by atoms with van der Waals surface area (Å²) in [5.74, 6) is 1.50. The third-order valence-corrected chi connectivity index (χ3v) is 3.21. The van der Waals surface area contributed by atoms with Crippen LogP contribution in [0.5, 0.6) is 11.5 Å². The van der Waals surface area contributed by atoms with Crippen LogP contribution in [-0.2, 0) is 0 Å². The highest BCUT2D eigenvalue weighted by Crippen LogP contribution is 2.21. The van der Waals surface area contributed by atoms with Crippen LogP contribution in [0.15, 0.2) is 66.7 Å². The van der Waals surface area contributed by atoms with Gasteiger partial charge in [-0.3, -0.25) is 4.79 Å². The van der Waals surface area contributed by atoms with Gasteiger partial charge in [0.25, 0.3) is 5.91 Å². The topological polar surface area (TPSA) is 29.5 Å². The molecule has 3 heteroatoms. The number of para-hydroxylation sites is 1. The summed E-state index contributed by atoms with van der Waals surface area (Å²) in [6.07, 6.45) is 0. The minimum absolute atomic E-state index is 0.0109. The third-order valence-electron chi connectivity index (χ3n) is 3.21. The van der Waals surface area contributed by atoms with Crippen molar-refractivity contribution in [1.82, 2.24) is 4.90 Å². The number of ether oxygens (including phenoxy) is 1. The second-order valence-corrected chi connectivity index (χ2v) is 5.22. The molecule has 0 heterocycles. The Bertz CT molecular complexity index is 632. The van der Waals surface area contributed by atoms with Gasteiger partial charge in [0.15, 0.2) is 0 Å². The van der Waals surface area contributed by atoms with E-state index in [9.17, 15) is 4.79 Å². The van der Waals surface area contributed by atoms with Crippen LogP contribution in [0.2, 0.25) is 0 Å². The summed E-state index contributed by atoms with van der Waals surface area (Å²) in [4.78, 5) is 14.2. The summed E-state index contributed by atoms with van der Waals surface area (Å²) in [6, 6.07) is 16.8. The molecule has 0 aliphatic heterocycles. The van der Waals surface area contributed by atoms with Crippen molar-refractivity contribution in [2.24, 2.45) is 0 Å². The molecule has 0 aliphatic rings. The molecule has 0 N–H and O–H groups in total. The Morgan fingerprint density at radius 3 is 2.18 bits per heavy atom. The van der Waals surface area contributed by atoms with Crippen LogP contribution >= 0.6 is 0 Å². The number of rotatable bonds is 6. The van der Waals surface area contributed by atoms with Crippen molar-refractivity contribution in [3.05, 3.63) is 72.3 Å². The minimum Gasteiger partial charge on any atom is -0.457 e. The second-order valence-electron chi connectivity index (χ2n) is 5.22. The molecule has 2 aromatic carbocycles. The van der Waals surface area contributed by atoms with E-state index in [2.05, 4.69) is 6.58 Å². The molecule has 114 valence electrons. The van der Waals surface area contributed by atoms with Gasteiger partial charge in [-0.05, 0) is 50.2 Å². The summed E-state index contributed by atoms with van der Waals surface area (Å²) >= 11 is 0. The second kappa shape index (κ2) is 7.46. The molecule has 2 aromatic rings. The Kier molecular flexibility index (Phi) is 5.37. The highest BCUT2D eigenvalue weighted by Gasteiger charge is 2.14. The molecule has 0 aromatic heterocycles. The smallest absolute Gasteiger partial charge is 0.254 e. The van der Waals surface area contributed by atoms with Crippen molar-refractivity contribution in [3.63, 3.8) is 0 Å². The molecule has 0 fully saturated rings. The molecule has 0 atom stereocenters. The van der Waals surface area contributed by atoms with E-state index in [4.69, 9.17) is 4.74 Å². The van der Waals surface area contributed by atoms with Crippen LogP contribution in [0.25, 0.3) is 0 Å². The Hall–Kier alpha value is -2.55. The van der Waals surface area contributed by atoms with E-state index >= 15 is 0 Å². The quantitative estimate of drug-likeness (QED) is 0.733. The highest BCUT2D eigenvalue weighted by atomic mass is 16.5. The first-order valence-corrected chi connectivity index (χ1v) is 7.36. The number of amides is 1. The van der Waals surface area contributed by atoms with Gasteiger partial charge >= 0.3 is 0 Å². The Morgan fingerprint density at radius 1 is 1.05 bits per heavy atom. The molecular weight excluding hydrogens is 274 g/mol. The first-order chi connectivity index (χ1) is 10.6. The number of benzene rings is 2. The Morgan fingerprint density at radius 2 is 1.64 bits per heavy atom. The van der Waals surface area contributed by atoms with Crippen LogP contribution in [0.1, 0.15) is 24.2 Å². The number of likely N-dealkylation sites (N-methyl/N-ethyl adjacent to an activating group) is 1. The lowest BCUT2D eigenvalue weighted by Crippen LogP contribution is -2.32. The molecule has 0 aliphatic carbocycles. The molecule has 0 spiro atoms. The molecule has 1 amide bonds. The standard InChI is InChI=1S/C19H21NO2/c1-4-20(14-15(2)3)19(21)16-10-12-18(13-11-16)22-17-8-6-5-7-9-17/h5-13H,2,4,14H2,1,3H3. The fourth-order valence-corrected chi connectivity index (χ4v) is 2.13. The van der Waals surface area contributed by atoms with Crippen molar-refractivity contribution in [2.75, 3.05) is 13.1 Å². The van der Waals surface area contributed by atoms with E-state index in [1.54, 1.807) is 17.0 Å². The maximum atomic E-state index is 12.4. The largest absolute Gasteiger partial charge is 0.457 e. The van der Waals surface area contributed by atoms with Gasteiger partial charge in [-0.25, -0.2) is 0 Å². The van der Waals surface area contributed by atoms with Crippen molar-refractivity contribution in [2.45, 2.75) is 13.8 Å². The number of hydrogen-bond acceptors (Lipinski definition) is 2. The first kappa shape index (κ1) is 15.8. The summed E-state index contributed by atoms with van der Waals surface area (Å²) < 4.78 is 5.73. The molecule has 3 nitrogen and oxygen atoms in total. The van der Waals surface area contributed by atoms with Crippen molar-refractivity contribution < 1.29 is 9.53 Å². The molecule has 0 saturated heterocycles. The average molecular weight is 295 g/mol. The number of carbonyl (C=O) groups is 1. The van der Waals surface area contributed by atoms with Crippen LogP contribution in [0.3, 0.4) is 0 Å². The molecule has 0 bridgehead atoms. The van der Waals surface area contributed by atoms with Gasteiger partial charge in [0.2, 0.25) is 0 Å². The lowest BCUT2D eigenvalue weighted by atomic mass is 10.1. The van der Waals surface area contributed by atoms with E-state index < -0.39 is 0 Å². The number of nitrogens with zero attached hydrogens (tertiary/aromatic N) is 1. The average Bonchev–Trinajstić information content (AvgIpc) is 2.53. The Balaban J connectivity index is 2.07. The van der Waals surface area contributed by atoms with Crippen molar-refractivity contribution in [3.8, 4) is 11.5 Å². The lowest BCUT2D eigenvalue weighted by Gasteiger charge is -2.21. The van der Waals surface area contributed by atoms with E-state index in [0.717, 1.165) is 11.3 Å². The van der Waals surface area contributed by atoms with Gasteiger partial charge in [0.05, 0.1) is 0 Å². The van der Waals surface area contributed by atoms with Crippen LogP contribution in [0.4, 0.5) is 0 Å². The highest BCUT2D eigenvalue weighted by molar-refractivity contribution is 5.94. The minimum atomic E-state index is 0.0109. The predicted molar refractivity (Wildman–Crippen MR) is 89.3 cm³/mol. The fourth-order valence-electron chi connectivity index (χ4n) is 2.13. The maximum absolute atomic E-state index is 12.4. The number of hydrogen-bond donors (Lipinski definition) is 0.